The lowest BCUT2D eigenvalue weighted by Crippen LogP contribution is -2.07. The van der Waals surface area contributed by atoms with Crippen LogP contribution in [0.5, 0.6) is 0 Å². The maximum Gasteiger partial charge on any atom is 0.0362 e. The van der Waals surface area contributed by atoms with Gasteiger partial charge in [0.15, 0.2) is 0 Å². The molecule has 0 spiro atoms. The highest BCUT2D eigenvalue weighted by Crippen LogP contribution is 2.08. The van der Waals surface area contributed by atoms with Gasteiger partial charge in [0.05, 0.1) is 0 Å². The second-order valence-electron chi connectivity index (χ2n) is 2.82. The molecule has 0 saturated carbocycles. The molecule has 0 rings (SSSR count). The Balaban J connectivity index is 3.09. The molecule has 1 heteroatoms. The van der Waals surface area contributed by atoms with Crippen molar-refractivity contribution < 1.29 is 0 Å². The van der Waals surface area contributed by atoms with E-state index in [4.69, 9.17) is 0 Å². The average molecular weight is 144 g/mol. The standard InChI is InChI=1S/C8H20Si/c1-4-7-8-9(5-2)6-3/h9H,4-8H2,1-3H3. The van der Waals surface area contributed by atoms with E-state index in [1.165, 1.54) is 24.9 Å². The van der Waals surface area contributed by atoms with Gasteiger partial charge in [0.1, 0.15) is 0 Å². The third-order valence-corrected chi connectivity index (χ3v) is 5.65. The van der Waals surface area contributed by atoms with Crippen LogP contribution in [-0.4, -0.2) is 8.80 Å². The molecule has 0 fully saturated rings. The lowest BCUT2D eigenvalue weighted by molar-refractivity contribution is 0.868. The second kappa shape index (κ2) is 6.34. The predicted molar refractivity (Wildman–Crippen MR) is 47.8 cm³/mol. The smallest absolute Gasteiger partial charge is 0.0362 e. The molecule has 0 heterocycles. The summed E-state index contributed by atoms with van der Waals surface area (Å²) < 4.78 is 0. The number of unbranched alkanes of at least 4 members (excludes halogenated alkanes) is 1. The van der Waals surface area contributed by atoms with Gasteiger partial charge in [0.25, 0.3) is 0 Å². The Labute approximate surface area is 61.3 Å². The van der Waals surface area contributed by atoms with E-state index < -0.39 is 0 Å². The summed E-state index contributed by atoms with van der Waals surface area (Å²) >= 11 is 0. The molecule has 0 aliphatic carbocycles. The topological polar surface area (TPSA) is 0 Å². The first-order valence-corrected chi connectivity index (χ1v) is 6.80. The first kappa shape index (κ1) is 9.22. The van der Waals surface area contributed by atoms with E-state index in [0.717, 1.165) is 0 Å². The van der Waals surface area contributed by atoms with Crippen LogP contribution in [0.2, 0.25) is 18.1 Å². The number of rotatable bonds is 5. The van der Waals surface area contributed by atoms with Gasteiger partial charge >= 0.3 is 0 Å². The molecule has 0 atom stereocenters. The van der Waals surface area contributed by atoms with E-state index in [9.17, 15) is 0 Å². The van der Waals surface area contributed by atoms with Gasteiger partial charge in [0, 0.05) is 8.80 Å². The fraction of sp³-hybridized carbons (Fsp3) is 1.00. The van der Waals surface area contributed by atoms with Crippen LogP contribution in [0.25, 0.3) is 0 Å². The summed E-state index contributed by atoms with van der Waals surface area (Å²) in [5.74, 6) is 0. The van der Waals surface area contributed by atoms with E-state index in [1.54, 1.807) is 6.04 Å². The van der Waals surface area contributed by atoms with Crippen molar-refractivity contribution in [3.63, 3.8) is 0 Å². The molecule has 0 N–H and O–H groups in total. The molecule has 0 aromatic rings. The van der Waals surface area contributed by atoms with Gasteiger partial charge in [-0.2, -0.15) is 0 Å². The fourth-order valence-electron chi connectivity index (χ4n) is 1.19. The summed E-state index contributed by atoms with van der Waals surface area (Å²) in [5.41, 5.74) is 0. The molecule has 0 aromatic heterocycles. The Kier molecular flexibility index (Phi) is 6.49. The van der Waals surface area contributed by atoms with Crippen molar-refractivity contribution in [1.29, 1.82) is 0 Å². The summed E-state index contributed by atoms with van der Waals surface area (Å²) in [6.45, 7) is 7.00. The van der Waals surface area contributed by atoms with Gasteiger partial charge in [-0.05, 0) is 0 Å². The molecule has 0 amide bonds. The van der Waals surface area contributed by atoms with E-state index in [-0.39, 0.29) is 8.80 Å². The van der Waals surface area contributed by atoms with Crippen molar-refractivity contribution in [2.75, 3.05) is 0 Å². The van der Waals surface area contributed by atoms with Gasteiger partial charge < -0.3 is 0 Å². The fourth-order valence-corrected chi connectivity index (χ4v) is 3.57. The van der Waals surface area contributed by atoms with Crippen LogP contribution in [0.4, 0.5) is 0 Å². The van der Waals surface area contributed by atoms with Crippen molar-refractivity contribution >= 4 is 8.80 Å². The van der Waals surface area contributed by atoms with E-state index in [0.29, 0.717) is 0 Å². The second-order valence-corrected chi connectivity index (χ2v) is 6.77. The zero-order valence-corrected chi connectivity index (χ0v) is 8.27. The van der Waals surface area contributed by atoms with Crippen LogP contribution >= 0.6 is 0 Å². The Morgan fingerprint density at radius 2 is 1.56 bits per heavy atom. The molecule has 0 aliphatic rings. The SMILES string of the molecule is CCCC[SiH](CC)CC. The first-order valence-electron chi connectivity index (χ1n) is 4.35. The Morgan fingerprint density at radius 1 is 1.00 bits per heavy atom. The Hall–Kier alpha value is 0.217. The van der Waals surface area contributed by atoms with Crippen LogP contribution in [0, 0.1) is 0 Å². The van der Waals surface area contributed by atoms with E-state index >= 15 is 0 Å². The van der Waals surface area contributed by atoms with Crippen molar-refractivity contribution in [1.82, 2.24) is 0 Å². The molecular weight excluding hydrogens is 124 g/mol. The molecule has 0 radical (unpaired) electrons. The minimum absolute atomic E-state index is 0.210. The van der Waals surface area contributed by atoms with Gasteiger partial charge in [-0.1, -0.05) is 51.7 Å². The molecular formula is C8H20Si. The highest BCUT2D eigenvalue weighted by atomic mass is 28.3. The third-order valence-electron chi connectivity index (χ3n) is 2.12. The average Bonchev–Trinajstić information content (AvgIpc) is 1.91. The third kappa shape index (κ3) is 4.70. The highest BCUT2D eigenvalue weighted by Gasteiger charge is 2.02. The monoisotopic (exact) mass is 144 g/mol. The first-order chi connectivity index (χ1) is 4.35. The molecule has 56 valence electrons. The minimum atomic E-state index is -0.210. The zero-order valence-electron chi connectivity index (χ0n) is 7.11. The molecule has 9 heavy (non-hydrogen) atoms. The van der Waals surface area contributed by atoms with Gasteiger partial charge in [-0.25, -0.2) is 0 Å². The summed E-state index contributed by atoms with van der Waals surface area (Å²) in [5, 5.41) is 0. The van der Waals surface area contributed by atoms with Crippen LogP contribution in [0.1, 0.15) is 33.6 Å². The number of hydrogen-bond donors (Lipinski definition) is 0. The molecule has 0 nitrogen and oxygen atoms in total. The normalized spacial score (nSPS) is 10.7. The van der Waals surface area contributed by atoms with Crippen LogP contribution in [0.3, 0.4) is 0 Å². The van der Waals surface area contributed by atoms with Crippen LogP contribution in [0.15, 0.2) is 0 Å². The molecule has 0 aromatic carbocycles. The van der Waals surface area contributed by atoms with Crippen LogP contribution < -0.4 is 0 Å². The van der Waals surface area contributed by atoms with E-state index in [1.807, 2.05) is 0 Å². The minimum Gasteiger partial charge on any atom is -0.0680 e. The van der Waals surface area contributed by atoms with Crippen molar-refractivity contribution in [3.05, 3.63) is 0 Å². The molecule has 0 aliphatic heterocycles. The highest BCUT2D eigenvalue weighted by molar-refractivity contribution is 6.58. The van der Waals surface area contributed by atoms with Gasteiger partial charge in [-0.15, -0.1) is 0 Å². The van der Waals surface area contributed by atoms with Gasteiger partial charge in [-0.3, -0.25) is 0 Å². The van der Waals surface area contributed by atoms with E-state index in [2.05, 4.69) is 20.8 Å². The van der Waals surface area contributed by atoms with Crippen molar-refractivity contribution in [2.45, 2.75) is 51.7 Å². The van der Waals surface area contributed by atoms with Crippen molar-refractivity contribution in [2.24, 2.45) is 0 Å². The summed E-state index contributed by atoms with van der Waals surface area (Å²) in [4.78, 5) is 0. The largest absolute Gasteiger partial charge is 0.0680 e. The summed E-state index contributed by atoms with van der Waals surface area (Å²) in [6.07, 6.45) is 2.88. The molecule has 0 unspecified atom stereocenters. The Morgan fingerprint density at radius 3 is 1.89 bits per heavy atom. The van der Waals surface area contributed by atoms with Crippen molar-refractivity contribution in [3.8, 4) is 0 Å². The maximum atomic E-state index is 2.36. The van der Waals surface area contributed by atoms with Crippen LogP contribution in [-0.2, 0) is 0 Å². The lowest BCUT2D eigenvalue weighted by Gasteiger charge is -2.07. The summed E-state index contributed by atoms with van der Waals surface area (Å²) in [7, 11) is -0.210. The zero-order chi connectivity index (χ0) is 7.11. The lowest BCUT2D eigenvalue weighted by atomic mass is 10.4. The summed E-state index contributed by atoms with van der Waals surface area (Å²) in [6, 6.07) is 4.61. The van der Waals surface area contributed by atoms with Gasteiger partial charge in [0.2, 0.25) is 0 Å². The predicted octanol–water partition coefficient (Wildman–Crippen LogP) is 3.05. The maximum absolute atomic E-state index is 2.36. The Bertz CT molecular complexity index is 48.5. The quantitative estimate of drug-likeness (QED) is 0.520. The number of hydrogen-bond acceptors (Lipinski definition) is 0. The molecule has 0 bridgehead atoms. The molecule has 0 saturated heterocycles.